The fourth-order valence-electron chi connectivity index (χ4n) is 2.25. The van der Waals surface area contributed by atoms with Gasteiger partial charge in [0, 0.05) is 16.5 Å². The van der Waals surface area contributed by atoms with Gasteiger partial charge in [0.2, 0.25) is 0 Å². The monoisotopic (exact) mass is 324 g/mol. The summed E-state index contributed by atoms with van der Waals surface area (Å²) in [5.41, 5.74) is 3.40. The van der Waals surface area contributed by atoms with E-state index in [9.17, 15) is 0 Å². The van der Waals surface area contributed by atoms with E-state index in [1.54, 1.807) is 0 Å². The third-order valence-corrected chi connectivity index (χ3v) is 3.82. The summed E-state index contributed by atoms with van der Waals surface area (Å²) < 4.78 is 0. The highest BCUT2D eigenvalue weighted by Gasteiger charge is 2.20. The van der Waals surface area contributed by atoms with Gasteiger partial charge in [0.25, 0.3) is 0 Å². The van der Waals surface area contributed by atoms with E-state index in [-0.39, 0.29) is 10.8 Å². The first-order valence-corrected chi connectivity index (χ1v) is 8.11. The van der Waals surface area contributed by atoms with Crippen LogP contribution in [0.1, 0.15) is 53.1 Å². The first-order chi connectivity index (χ1) is 11.1. The molecule has 6 heteroatoms. The molecule has 0 unspecified atom stereocenters. The lowest BCUT2D eigenvalue weighted by Gasteiger charge is -2.14. The highest BCUT2D eigenvalue weighted by molar-refractivity contribution is 5.60. The lowest BCUT2D eigenvalue weighted by Crippen LogP contribution is -2.13. The summed E-state index contributed by atoms with van der Waals surface area (Å²) in [6.07, 6.45) is 0. The van der Waals surface area contributed by atoms with Crippen LogP contribution < -0.4 is 0 Å². The zero-order valence-corrected chi connectivity index (χ0v) is 15.1. The normalized spacial score (nSPS) is 12.6. The zero-order chi connectivity index (χ0) is 17.5. The van der Waals surface area contributed by atoms with Crippen LogP contribution in [0.5, 0.6) is 0 Å². The van der Waals surface area contributed by atoms with E-state index in [0.29, 0.717) is 5.82 Å². The van der Waals surface area contributed by atoms with Gasteiger partial charge >= 0.3 is 0 Å². The molecule has 2 N–H and O–H groups in total. The Morgan fingerprint density at radius 2 is 1.46 bits per heavy atom. The minimum absolute atomic E-state index is 0.0220. The molecule has 0 amide bonds. The molecular weight excluding hydrogens is 300 g/mol. The minimum Gasteiger partial charge on any atom is -0.281 e. The number of H-pyrrole nitrogens is 2. The van der Waals surface area contributed by atoms with E-state index in [4.69, 9.17) is 0 Å². The number of aromatic nitrogens is 6. The van der Waals surface area contributed by atoms with Gasteiger partial charge in [-0.15, -0.1) is 0 Å². The van der Waals surface area contributed by atoms with Crippen LogP contribution in [-0.4, -0.2) is 30.4 Å². The lowest BCUT2D eigenvalue weighted by atomic mass is 9.92. The second-order valence-corrected chi connectivity index (χ2v) is 8.08. The molecule has 3 rings (SSSR count). The first kappa shape index (κ1) is 16.4. The molecule has 0 radical (unpaired) electrons. The molecular formula is C18H24N6. The molecule has 0 aliphatic carbocycles. The molecule has 0 fully saturated rings. The number of hydrogen-bond donors (Lipinski definition) is 2. The molecule has 6 nitrogen and oxygen atoms in total. The van der Waals surface area contributed by atoms with E-state index in [1.807, 2.05) is 24.3 Å². The van der Waals surface area contributed by atoms with Crippen molar-refractivity contribution in [2.75, 3.05) is 0 Å². The molecule has 0 saturated heterocycles. The van der Waals surface area contributed by atoms with Gasteiger partial charge in [0.1, 0.15) is 17.2 Å². The van der Waals surface area contributed by atoms with Gasteiger partial charge in [-0.1, -0.05) is 47.6 Å². The van der Waals surface area contributed by atoms with Crippen molar-refractivity contribution in [2.24, 2.45) is 0 Å². The molecule has 24 heavy (non-hydrogen) atoms. The first-order valence-electron chi connectivity index (χ1n) is 8.11. The topological polar surface area (TPSA) is 83.1 Å². The second-order valence-electron chi connectivity index (χ2n) is 8.08. The Labute approximate surface area is 142 Å². The van der Waals surface area contributed by atoms with Crippen LogP contribution in [0.2, 0.25) is 0 Å². The maximum atomic E-state index is 4.68. The lowest BCUT2D eigenvalue weighted by molar-refractivity contribution is 0.548. The van der Waals surface area contributed by atoms with Gasteiger partial charge in [-0.2, -0.15) is 10.2 Å². The van der Waals surface area contributed by atoms with Crippen molar-refractivity contribution >= 4 is 0 Å². The minimum atomic E-state index is -0.0767. The van der Waals surface area contributed by atoms with E-state index in [1.165, 1.54) is 0 Å². The average molecular weight is 324 g/mol. The van der Waals surface area contributed by atoms with Crippen molar-refractivity contribution in [1.29, 1.82) is 0 Å². The van der Waals surface area contributed by atoms with Gasteiger partial charge < -0.3 is 0 Å². The number of aromatic amines is 2. The van der Waals surface area contributed by atoms with Crippen LogP contribution in [0.4, 0.5) is 0 Å². The van der Waals surface area contributed by atoms with Gasteiger partial charge in [-0.05, 0) is 18.2 Å². The number of hydrogen-bond acceptors (Lipinski definition) is 4. The highest BCUT2D eigenvalue weighted by atomic mass is 15.2. The standard InChI is InChI=1S/C18H24N6/c1-17(2,3)14-10-13(21-22-14)11-8-7-9-12(19-11)15-20-16(24-23-15)18(4,5)6/h7-10H,1-6H3,(H,21,22)(H,20,23,24). The summed E-state index contributed by atoms with van der Waals surface area (Å²) >= 11 is 0. The predicted molar refractivity (Wildman–Crippen MR) is 94.6 cm³/mol. The Hall–Kier alpha value is -2.50. The third-order valence-electron chi connectivity index (χ3n) is 3.82. The van der Waals surface area contributed by atoms with E-state index < -0.39 is 0 Å². The molecule has 0 saturated carbocycles. The van der Waals surface area contributed by atoms with Crippen LogP contribution >= 0.6 is 0 Å². The molecule has 126 valence electrons. The molecule has 3 heterocycles. The third kappa shape index (κ3) is 3.22. The van der Waals surface area contributed by atoms with Crippen molar-refractivity contribution < 1.29 is 0 Å². The molecule has 3 aromatic heterocycles. The van der Waals surface area contributed by atoms with Crippen LogP contribution in [0.25, 0.3) is 22.9 Å². The fraction of sp³-hybridized carbons (Fsp3) is 0.444. The Morgan fingerprint density at radius 3 is 2.04 bits per heavy atom. The second kappa shape index (κ2) is 5.54. The Balaban J connectivity index is 1.95. The maximum absolute atomic E-state index is 4.68. The van der Waals surface area contributed by atoms with Gasteiger partial charge in [0.15, 0.2) is 5.82 Å². The number of nitrogens with one attached hydrogen (secondary N) is 2. The van der Waals surface area contributed by atoms with Crippen LogP contribution in [-0.2, 0) is 10.8 Å². The van der Waals surface area contributed by atoms with Crippen molar-refractivity contribution in [3.05, 3.63) is 35.8 Å². The SMILES string of the molecule is CC(C)(C)c1cc(-c2cccc(-c3n[nH]c(C(C)(C)C)n3)n2)n[nH]1. The van der Waals surface area contributed by atoms with Crippen LogP contribution in [0, 0.1) is 0 Å². The molecule has 0 aromatic carbocycles. The summed E-state index contributed by atoms with van der Waals surface area (Å²) in [6, 6.07) is 7.86. The molecule has 0 bridgehead atoms. The number of nitrogens with zero attached hydrogens (tertiary/aromatic N) is 4. The summed E-state index contributed by atoms with van der Waals surface area (Å²) in [5.74, 6) is 1.45. The largest absolute Gasteiger partial charge is 0.281 e. The average Bonchev–Trinajstić information content (AvgIpc) is 3.16. The van der Waals surface area contributed by atoms with Gasteiger partial charge in [0.05, 0.1) is 5.69 Å². The molecule has 0 aliphatic rings. The molecule has 3 aromatic rings. The van der Waals surface area contributed by atoms with Crippen molar-refractivity contribution in [3.8, 4) is 22.9 Å². The highest BCUT2D eigenvalue weighted by Crippen LogP contribution is 2.26. The maximum Gasteiger partial charge on any atom is 0.199 e. The van der Waals surface area contributed by atoms with E-state index >= 15 is 0 Å². The van der Waals surface area contributed by atoms with Crippen LogP contribution in [0.3, 0.4) is 0 Å². The van der Waals surface area contributed by atoms with Crippen molar-refractivity contribution in [2.45, 2.75) is 52.4 Å². The Bertz CT molecular complexity index is 777. The van der Waals surface area contributed by atoms with Gasteiger partial charge in [-0.25, -0.2) is 9.97 Å². The van der Waals surface area contributed by atoms with E-state index in [2.05, 4.69) is 71.9 Å². The smallest absolute Gasteiger partial charge is 0.199 e. The molecule has 0 atom stereocenters. The summed E-state index contributed by atoms with van der Waals surface area (Å²) in [5, 5.41) is 14.8. The van der Waals surface area contributed by atoms with Gasteiger partial charge in [-0.3, -0.25) is 10.2 Å². The fourth-order valence-corrected chi connectivity index (χ4v) is 2.25. The number of rotatable bonds is 2. The summed E-state index contributed by atoms with van der Waals surface area (Å²) in [7, 11) is 0. The van der Waals surface area contributed by atoms with Crippen LogP contribution in [0.15, 0.2) is 24.3 Å². The Morgan fingerprint density at radius 1 is 0.750 bits per heavy atom. The molecule has 0 spiro atoms. The molecule has 0 aliphatic heterocycles. The summed E-state index contributed by atoms with van der Waals surface area (Å²) in [6.45, 7) is 12.7. The predicted octanol–water partition coefficient (Wildman–Crippen LogP) is 3.85. The van der Waals surface area contributed by atoms with Crippen molar-refractivity contribution in [1.82, 2.24) is 30.4 Å². The number of pyridine rings is 1. The quantitative estimate of drug-likeness (QED) is 0.750. The summed E-state index contributed by atoms with van der Waals surface area (Å²) in [4.78, 5) is 9.25. The Kier molecular flexibility index (Phi) is 3.78. The zero-order valence-electron chi connectivity index (χ0n) is 15.1. The van der Waals surface area contributed by atoms with Crippen molar-refractivity contribution in [3.63, 3.8) is 0 Å². The van der Waals surface area contributed by atoms with E-state index in [0.717, 1.165) is 28.6 Å².